The highest BCUT2D eigenvalue weighted by molar-refractivity contribution is 5.89. The summed E-state index contributed by atoms with van der Waals surface area (Å²) in [5, 5.41) is 14.6. The highest BCUT2D eigenvalue weighted by Gasteiger charge is 2.29. The van der Waals surface area contributed by atoms with E-state index in [-0.39, 0.29) is 0 Å². The van der Waals surface area contributed by atoms with Gasteiger partial charge in [0.05, 0.1) is 17.0 Å². The molecule has 0 aliphatic rings. The fraction of sp³-hybridized carbons (Fsp3) is 0.316. The number of pyridine rings is 1. The highest BCUT2D eigenvalue weighted by Crippen LogP contribution is 2.30. The first-order valence-corrected chi connectivity index (χ1v) is 8.21. The molecule has 0 bridgehead atoms. The first-order valence-electron chi connectivity index (χ1n) is 8.21. The Bertz CT molecular complexity index is 903. The number of nitrogens with two attached hydrogens (primary N) is 1. The molecule has 1 aromatic carbocycles. The molecule has 0 radical (unpaired) electrons. The molecule has 0 saturated heterocycles. The van der Waals surface area contributed by atoms with Crippen LogP contribution < -0.4 is 11.1 Å². The summed E-state index contributed by atoms with van der Waals surface area (Å²) in [5.41, 5.74) is 8.47. The lowest BCUT2D eigenvalue weighted by Crippen LogP contribution is -2.35. The minimum atomic E-state index is -1.02. The van der Waals surface area contributed by atoms with Gasteiger partial charge in [-0.15, -0.1) is 0 Å². The predicted molar refractivity (Wildman–Crippen MR) is 100 cm³/mol. The summed E-state index contributed by atoms with van der Waals surface area (Å²) in [4.78, 5) is 13.4. The Morgan fingerprint density at radius 1 is 1.08 bits per heavy atom. The van der Waals surface area contributed by atoms with Crippen molar-refractivity contribution in [2.45, 2.75) is 39.3 Å². The average Bonchev–Trinajstić information content (AvgIpc) is 2.51. The third-order valence-corrected chi connectivity index (χ3v) is 4.13. The van der Waals surface area contributed by atoms with E-state index in [0.717, 1.165) is 22.2 Å². The molecule has 6 nitrogen and oxygen atoms in total. The number of hydrogen-bond donors (Lipinski definition) is 3. The van der Waals surface area contributed by atoms with Crippen LogP contribution in [0.4, 0.5) is 11.8 Å². The van der Waals surface area contributed by atoms with Gasteiger partial charge in [0.1, 0.15) is 5.82 Å². The van der Waals surface area contributed by atoms with Crippen LogP contribution in [0.15, 0.2) is 36.4 Å². The maximum atomic E-state index is 10.6. The van der Waals surface area contributed by atoms with Crippen molar-refractivity contribution in [1.82, 2.24) is 15.0 Å². The van der Waals surface area contributed by atoms with Crippen LogP contribution in [0.3, 0.4) is 0 Å². The molecule has 0 aliphatic carbocycles. The van der Waals surface area contributed by atoms with Crippen molar-refractivity contribution in [3.05, 3.63) is 53.2 Å². The summed E-state index contributed by atoms with van der Waals surface area (Å²) < 4.78 is 0. The Morgan fingerprint density at radius 2 is 1.76 bits per heavy atom. The maximum absolute atomic E-state index is 10.6. The third-order valence-electron chi connectivity index (χ3n) is 4.13. The van der Waals surface area contributed by atoms with E-state index in [0.29, 0.717) is 17.4 Å². The molecular weight excluding hydrogens is 314 g/mol. The smallest absolute Gasteiger partial charge is 0.227 e. The Kier molecular flexibility index (Phi) is 4.30. The fourth-order valence-corrected chi connectivity index (χ4v) is 3.02. The first kappa shape index (κ1) is 17.1. The number of nitrogens with zero attached hydrogens (tertiary/aromatic N) is 3. The number of aryl methyl sites for hydroxylation is 2. The number of aromatic nitrogens is 3. The van der Waals surface area contributed by atoms with Crippen molar-refractivity contribution >= 4 is 22.8 Å². The second-order valence-electron chi connectivity index (χ2n) is 6.85. The fourth-order valence-electron chi connectivity index (χ4n) is 3.02. The van der Waals surface area contributed by atoms with Crippen molar-refractivity contribution in [3.8, 4) is 0 Å². The molecule has 0 fully saturated rings. The van der Waals surface area contributed by atoms with Gasteiger partial charge in [-0.3, -0.25) is 0 Å². The van der Waals surface area contributed by atoms with E-state index in [1.54, 1.807) is 13.8 Å². The third kappa shape index (κ3) is 3.53. The Balaban J connectivity index is 2.06. The van der Waals surface area contributed by atoms with Crippen LogP contribution in [0, 0.1) is 13.8 Å². The van der Waals surface area contributed by atoms with Gasteiger partial charge in [-0.25, -0.2) is 4.98 Å². The summed E-state index contributed by atoms with van der Waals surface area (Å²) in [5.74, 6) is 0.721. The van der Waals surface area contributed by atoms with Gasteiger partial charge in [-0.1, -0.05) is 30.3 Å². The standard InChI is InChI=1S/C19H23N5O/c1-11-10-12(2)21-17-14(11)16(20)23-18(24-17)22-15(19(3,4)25)13-8-6-5-7-9-13/h5-10,15,25H,1-4H3,(H3,20,21,22,23,24)/t15-/m1/s1. The van der Waals surface area contributed by atoms with Crippen molar-refractivity contribution in [2.24, 2.45) is 0 Å². The molecule has 130 valence electrons. The molecule has 0 saturated carbocycles. The zero-order valence-electron chi connectivity index (χ0n) is 14.9. The van der Waals surface area contributed by atoms with E-state index in [9.17, 15) is 5.11 Å². The first-order chi connectivity index (χ1) is 11.8. The molecule has 25 heavy (non-hydrogen) atoms. The van der Waals surface area contributed by atoms with Crippen molar-refractivity contribution in [1.29, 1.82) is 0 Å². The molecule has 2 aromatic heterocycles. The SMILES string of the molecule is Cc1cc(C)c2c(N)nc(N[C@H](c3ccccc3)C(C)(C)O)nc2n1. The van der Waals surface area contributed by atoms with E-state index in [1.807, 2.05) is 50.2 Å². The highest BCUT2D eigenvalue weighted by atomic mass is 16.3. The number of anilines is 2. The second kappa shape index (κ2) is 6.29. The van der Waals surface area contributed by atoms with E-state index in [4.69, 9.17) is 5.73 Å². The molecule has 3 rings (SSSR count). The zero-order chi connectivity index (χ0) is 18.2. The molecule has 4 N–H and O–H groups in total. The van der Waals surface area contributed by atoms with E-state index >= 15 is 0 Å². The van der Waals surface area contributed by atoms with Gasteiger partial charge in [0, 0.05) is 5.69 Å². The van der Waals surface area contributed by atoms with Gasteiger partial charge in [0.25, 0.3) is 0 Å². The molecule has 0 spiro atoms. The van der Waals surface area contributed by atoms with E-state index in [1.165, 1.54) is 0 Å². The minimum Gasteiger partial charge on any atom is -0.388 e. The van der Waals surface area contributed by atoms with Crippen molar-refractivity contribution in [3.63, 3.8) is 0 Å². The number of nitrogen functional groups attached to an aromatic ring is 1. The number of rotatable bonds is 4. The van der Waals surface area contributed by atoms with Gasteiger partial charge in [0.2, 0.25) is 5.95 Å². The maximum Gasteiger partial charge on any atom is 0.227 e. The molecule has 0 aliphatic heterocycles. The Morgan fingerprint density at radius 3 is 2.40 bits per heavy atom. The van der Waals surface area contributed by atoms with Crippen molar-refractivity contribution < 1.29 is 5.11 Å². The molecule has 3 aromatic rings. The minimum absolute atomic E-state index is 0.346. The van der Waals surface area contributed by atoms with E-state index < -0.39 is 11.6 Å². The second-order valence-corrected chi connectivity index (χ2v) is 6.85. The van der Waals surface area contributed by atoms with Gasteiger partial charge in [-0.2, -0.15) is 9.97 Å². The lowest BCUT2D eigenvalue weighted by Gasteiger charge is -2.30. The number of hydrogen-bond acceptors (Lipinski definition) is 6. The number of nitrogens with one attached hydrogen (secondary N) is 1. The topological polar surface area (TPSA) is 97.0 Å². The molecular formula is C19H23N5O. The zero-order valence-corrected chi connectivity index (χ0v) is 14.9. The van der Waals surface area contributed by atoms with Gasteiger partial charge in [0.15, 0.2) is 5.65 Å². The summed E-state index contributed by atoms with van der Waals surface area (Å²) in [7, 11) is 0. The van der Waals surface area contributed by atoms with Gasteiger partial charge in [-0.05, 0) is 44.9 Å². The van der Waals surface area contributed by atoms with Crippen LogP contribution >= 0.6 is 0 Å². The number of benzene rings is 1. The van der Waals surface area contributed by atoms with Crippen LogP contribution in [-0.2, 0) is 0 Å². The predicted octanol–water partition coefficient (Wildman–Crippen LogP) is 3.15. The molecule has 2 heterocycles. The quantitative estimate of drug-likeness (QED) is 0.677. The van der Waals surface area contributed by atoms with Crippen LogP contribution in [0.2, 0.25) is 0 Å². The summed E-state index contributed by atoms with van der Waals surface area (Å²) >= 11 is 0. The molecule has 0 amide bonds. The Labute approximate surface area is 147 Å². The summed E-state index contributed by atoms with van der Waals surface area (Å²) in [6, 6.07) is 11.3. The van der Waals surface area contributed by atoms with Crippen LogP contribution in [0.25, 0.3) is 11.0 Å². The summed E-state index contributed by atoms with van der Waals surface area (Å²) in [6.45, 7) is 7.37. The number of aliphatic hydroxyl groups is 1. The van der Waals surface area contributed by atoms with Crippen LogP contribution in [0.1, 0.15) is 36.7 Å². The molecule has 6 heteroatoms. The normalized spacial score (nSPS) is 13.0. The lowest BCUT2D eigenvalue weighted by atomic mass is 9.92. The van der Waals surface area contributed by atoms with Crippen molar-refractivity contribution in [2.75, 3.05) is 11.1 Å². The Hall–Kier alpha value is -2.73. The van der Waals surface area contributed by atoms with Crippen LogP contribution in [-0.4, -0.2) is 25.7 Å². The number of fused-ring (bicyclic) bond motifs is 1. The molecule has 1 atom stereocenters. The van der Waals surface area contributed by atoms with Gasteiger partial charge < -0.3 is 16.2 Å². The van der Waals surface area contributed by atoms with Gasteiger partial charge >= 0.3 is 0 Å². The summed E-state index contributed by atoms with van der Waals surface area (Å²) in [6.07, 6.45) is 0. The van der Waals surface area contributed by atoms with Crippen LogP contribution in [0.5, 0.6) is 0 Å². The largest absolute Gasteiger partial charge is 0.388 e. The lowest BCUT2D eigenvalue weighted by molar-refractivity contribution is 0.0586. The average molecular weight is 337 g/mol. The monoisotopic (exact) mass is 337 g/mol. The van der Waals surface area contributed by atoms with E-state index in [2.05, 4.69) is 20.3 Å². The molecule has 0 unspecified atom stereocenters.